The van der Waals surface area contributed by atoms with Gasteiger partial charge in [-0.15, -0.1) is 0 Å². The lowest BCUT2D eigenvalue weighted by atomic mass is 10.0. The molecule has 1 unspecified atom stereocenters. The van der Waals surface area contributed by atoms with Crippen LogP contribution in [0.1, 0.15) is 23.0 Å². The molecule has 0 aliphatic carbocycles. The van der Waals surface area contributed by atoms with E-state index in [1.165, 1.54) is 12.5 Å². The highest BCUT2D eigenvalue weighted by Gasteiger charge is 2.26. The Kier molecular flexibility index (Phi) is 4.28. The molecule has 0 saturated carbocycles. The van der Waals surface area contributed by atoms with Crippen molar-refractivity contribution >= 4 is 11.7 Å². The summed E-state index contributed by atoms with van der Waals surface area (Å²) < 4.78 is 5.16. The number of aromatic nitrogens is 1. The van der Waals surface area contributed by atoms with E-state index in [0.29, 0.717) is 11.3 Å². The number of nitrogens with zero attached hydrogens (tertiary/aromatic N) is 2. The smallest absolute Gasteiger partial charge is 0.252 e. The Labute approximate surface area is 123 Å². The first-order valence-electron chi connectivity index (χ1n) is 6.58. The van der Waals surface area contributed by atoms with Crippen LogP contribution >= 0.6 is 0 Å². The van der Waals surface area contributed by atoms with Crippen molar-refractivity contribution in [2.24, 2.45) is 0 Å². The second-order valence-corrected chi connectivity index (χ2v) is 5.23. The number of pyridine rings is 1. The van der Waals surface area contributed by atoms with Gasteiger partial charge in [0.2, 0.25) is 0 Å². The van der Waals surface area contributed by atoms with Crippen LogP contribution < -0.4 is 10.2 Å². The van der Waals surface area contributed by atoms with Crippen molar-refractivity contribution in [1.82, 2.24) is 10.3 Å². The minimum Gasteiger partial charge on any atom is -0.466 e. The molecule has 0 bridgehead atoms. The molecule has 2 heterocycles. The third-order valence-corrected chi connectivity index (χ3v) is 3.11. The van der Waals surface area contributed by atoms with Crippen molar-refractivity contribution in [3.8, 4) is 0 Å². The number of carbonyl (C=O) groups is 1. The number of carbonyl (C=O) groups excluding carboxylic acids is 1. The van der Waals surface area contributed by atoms with Gasteiger partial charge in [0.1, 0.15) is 17.2 Å². The summed E-state index contributed by atoms with van der Waals surface area (Å²) in [4.78, 5) is 18.1. The van der Waals surface area contributed by atoms with Gasteiger partial charge in [0.15, 0.2) is 0 Å². The third-order valence-electron chi connectivity index (χ3n) is 3.11. The zero-order valence-corrected chi connectivity index (χ0v) is 12.3. The van der Waals surface area contributed by atoms with Gasteiger partial charge >= 0.3 is 0 Å². The van der Waals surface area contributed by atoms with Crippen LogP contribution in [0, 0.1) is 0 Å². The van der Waals surface area contributed by atoms with Gasteiger partial charge in [-0.1, -0.05) is 0 Å². The number of hydrogen-bond acceptors (Lipinski definition) is 5. The molecule has 6 nitrogen and oxygen atoms in total. The third kappa shape index (κ3) is 3.61. The molecule has 2 N–H and O–H groups in total. The summed E-state index contributed by atoms with van der Waals surface area (Å²) in [5, 5.41) is 12.9. The maximum atomic E-state index is 12.0. The van der Waals surface area contributed by atoms with Crippen molar-refractivity contribution in [2.45, 2.75) is 12.5 Å². The van der Waals surface area contributed by atoms with Crippen LogP contribution in [0.5, 0.6) is 0 Å². The highest BCUT2D eigenvalue weighted by atomic mass is 16.4. The minimum absolute atomic E-state index is 0.0504. The lowest BCUT2D eigenvalue weighted by molar-refractivity contribution is 0.0330. The molecular formula is C15H19N3O3. The average molecular weight is 289 g/mol. The van der Waals surface area contributed by atoms with Gasteiger partial charge in [-0.3, -0.25) is 4.79 Å². The first-order valence-corrected chi connectivity index (χ1v) is 6.58. The Balaban J connectivity index is 1.98. The predicted octanol–water partition coefficient (Wildman–Crippen LogP) is 1.38. The fraction of sp³-hybridized carbons (Fsp3) is 0.333. The quantitative estimate of drug-likeness (QED) is 0.869. The summed E-state index contributed by atoms with van der Waals surface area (Å²) in [5.41, 5.74) is -0.813. The highest BCUT2D eigenvalue weighted by molar-refractivity contribution is 5.94. The van der Waals surface area contributed by atoms with E-state index in [1.54, 1.807) is 31.2 Å². The van der Waals surface area contributed by atoms with E-state index >= 15 is 0 Å². The maximum Gasteiger partial charge on any atom is 0.252 e. The molecule has 1 atom stereocenters. The second kappa shape index (κ2) is 5.97. The molecule has 0 saturated heterocycles. The van der Waals surface area contributed by atoms with Crippen molar-refractivity contribution in [1.29, 1.82) is 0 Å². The molecular weight excluding hydrogens is 270 g/mol. The zero-order chi connectivity index (χ0) is 15.5. The topological polar surface area (TPSA) is 78.6 Å². The second-order valence-electron chi connectivity index (χ2n) is 5.23. The van der Waals surface area contributed by atoms with Crippen LogP contribution in [-0.4, -0.2) is 36.6 Å². The molecule has 0 aliphatic rings. The molecule has 2 rings (SSSR count). The highest BCUT2D eigenvalue weighted by Crippen LogP contribution is 2.20. The molecule has 2 aromatic heterocycles. The number of nitrogens with one attached hydrogen (secondary N) is 1. The van der Waals surface area contributed by atoms with Crippen molar-refractivity contribution in [2.75, 3.05) is 25.5 Å². The number of anilines is 1. The van der Waals surface area contributed by atoms with E-state index in [-0.39, 0.29) is 12.5 Å². The Morgan fingerprint density at radius 3 is 2.71 bits per heavy atom. The Morgan fingerprint density at radius 2 is 2.19 bits per heavy atom. The normalized spacial score (nSPS) is 13.5. The Morgan fingerprint density at radius 1 is 1.43 bits per heavy atom. The molecule has 21 heavy (non-hydrogen) atoms. The summed E-state index contributed by atoms with van der Waals surface area (Å²) in [6.45, 7) is 1.63. The van der Waals surface area contributed by atoms with Gasteiger partial charge in [0, 0.05) is 20.3 Å². The standard InChI is InChI=1S/C15H19N3O3/c1-15(20,12-5-4-8-21-12)10-17-14(19)11-6-7-13(16-9-11)18(2)3/h4-9,20H,10H2,1-3H3,(H,17,19). The molecule has 112 valence electrons. The number of hydrogen-bond donors (Lipinski definition) is 2. The summed E-state index contributed by atoms with van der Waals surface area (Å²) in [7, 11) is 3.76. The summed E-state index contributed by atoms with van der Waals surface area (Å²) in [5.74, 6) is 0.887. The molecule has 6 heteroatoms. The van der Waals surface area contributed by atoms with Gasteiger partial charge in [0.05, 0.1) is 18.4 Å². The van der Waals surface area contributed by atoms with Crippen LogP contribution in [0.25, 0.3) is 0 Å². The van der Waals surface area contributed by atoms with Crippen LogP contribution in [-0.2, 0) is 5.60 Å². The maximum absolute atomic E-state index is 12.0. The van der Waals surface area contributed by atoms with Gasteiger partial charge in [-0.25, -0.2) is 4.98 Å². The summed E-state index contributed by atoms with van der Waals surface area (Å²) >= 11 is 0. The van der Waals surface area contributed by atoms with E-state index in [1.807, 2.05) is 19.0 Å². The lowest BCUT2D eigenvalue weighted by Crippen LogP contribution is -2.38. The van der Waals surface area contributed by atoms with Gasteiger partial charge in [0.25, 0.3) is 5.91 Å². The molecule has 0 aromatic carbocycles. The molecule has 1 amide bonds. The first kappa shape index (κ1) is 15.1. The number of rotatable bonds is 5. The van der Waals surface area contributed by atoms with Gasteiger partial charge < -0.3 is 19.7 Å². The largest absolute Gasteiger partial charge is 0.466 e. The molecule has 0 fully saturated rings. The lowest BCUT2D eigenvalue weighted by Gasteiger charge is -2.21. The van der Waals surface area contributed by atoms with Gasteiger partial charge in [-0.2, -0.15) is 0 Å². The van der Waals surface area contributed by atoms with Crippen molar-refractivity contribution < 1.29 is 14.3 Å². The van der Waals surface area contributed by atoms with E-state index in [4.69, 9.17) is 4.42 Å². The van der Waals surface area contributed by atoms with Crippen molar-refractivity contribution in [3.05, 3.63) is 48.0 Å². The van der Waals surface area contributed by atoms with Crippen LogP contribution in [0.15, 0.2) is 41.1 Å². The number of aliphatic hydroxyl groups is 1. The van der Waals surface area contributed by atoms with Crippen LogP contribution in [0.2, 0.25) is 0 Å². The van der Waals surface area contributed by atoms with Crippen LogP contribution in [0.4, 0.5) is 5.82 Å². The minimum atomic E-state index is -1.25. The fourth-order valence-corrected chi connectivity index (χ4v) is 1.81. The molecule has 2 aromatic rings. The molecule has 0 aliphatic heterocycles. The monoisotopic (exact) mass is 289 g/mol. The predicted molar refractivity (Wildman–Crippen MR) is 79.2 cm³/mol. The Bertz CT molecular complexity index is 589. The fourth-order valence-electron chi connectivity index (χ4n) is 1.81. The first-order chi connectivity index (χ1) is 9.90. The van der Waals surface area contributed by atoms with E-state index in [9.17, 15) is 9.90 Å². The summed E-state index contributed by atoms with van der Waals surface area (Å²) in [6.07, 6.45) is 2.99. The number of furan rings is 1. The molecule has 0 spiro atoms. The average Bonchev–Trinajstić information content (AvgIpc) is 3.00. The zero-order valence-electron chi connectivity index (χ0n) is 12.3. The number of amides is 1. The van der Waals surface area contributed by atoms with Gasteiger partial charge in [-0.05, 0) is 31.2 Å². The SMILES string of the molecule is CN(C)c1ccc(C(=O)NCC(C)(O)c2ccco2)cn1. The van der Waals surface area contributed by atoms with E-state index < -0.39 is 5.60 Å². The molecule has 0 radical (unpaired) electrons. The van der Waals surface area contributed by atoms with Crippen LogP contribution in [0.3, 0.4) is 0 Å². The van der Waals surface area contributed by atoms with E-state index in [2.05, 4.69) is 10.3 Å². The van der Waals surface area contributed by atoms with Crippen molar-refractivity contribution in [3.63, 3.8) is 0 Å². The summed E-state index contributed by atoms with van der Waals surface area (Å²) in [6, 6.07) is 6.81. The van der Waals surface area contributed by atoms with E-state index in [0.717, 1.165) is 5.82 Å². The Hall–Kier alpha value is -2.34.